The minimum atomic E-state index is -1.61. The summed E-state index contributed by atoms with van der Waals surface area (Å²) in [7, 11) is 1.36. The first-order valence-corrected chi connectivity index (χ1v) is 12.4. The van der Waals surface area contributed by atoms with Gasteiger partial charge in [0.05, 0.1) is 0 Å². The number of phenolic OH excluding ortho intramolecular Hbond substituents is 1. The zero-order valence-electron chi connectivity index (χ0n) is 20.7. The van der Waals surface area contributed by atoms with Gasteiger partial charge in [-0.25, -0.2) is 9.79 Å². The number of esters is 1. The van der Waals surface area contributed by atoms with Gasteiger partial charge >= 0.3 is 11.9 Å². The maximum absolute atomic E-state index is 13.3. The summed E-state index contributed by atoms with van der Waals surface area (Å²) in [4.78, 5) is 42.3. The molecule has 2 N–H and O–H groups in total. The monoisotopic (exact) mass is 512 g/mol. The number of hydrogen-bond acceptors (Lipinski definition) is 8. The summed E-state index contributed by atoms with van der Waals surface area (Å²) in [6.07, 6.45) is 1.55. The van der Waals surface area contributed by atoms with Gasteiger partial charge in [0.25, 0.3) is 11.6 Å². The van der Waals surface area contributed by atoms with Gasteiger partial charge in [0.15, 0.2) is 0 Å². The highest BCUT2D eigenvalue weighted by Gasteiger charge is 2.66. The first kappa shape index (κ1) is 25.7. The predicted molar refractivity (Wildman–Crippen MR) is 136 cm³/mol. The van der Waals surface area contributed by atoms with Crippen molar-refractivity contribution in [1.82, 2.24) is 4.90 Å². The topological polar surface area (TPSA) is 126 Å². The molecule has 2 aromatic rings. The van der Waals surface area contributed by atoms with Crippen molar-refractivity contribution in [2.45, 2.75) is 44.2 Å². The molecular formula is C26H28N2O7S. The summed E-state index contributed by atoms with van der Waals surface area (Å²) >= 11 is 1.29. The molecule has 0 aliphatic carbocycles. The number of hydrogen-bond donors (Lipinski definition) is 2. The largest absolute Gasteiger partial charge is 0.507 e. The Balaban J connectivity index is 1.75. The molecule has 2 heterocycles. The number of ether oxygens (including phenoxy) is 2. The average Bonchev–Trinajstić information content (AvgIpc) is 2.82. The molecule has 10 heteroatoms. The number of nitrogens with zero attached hydrogens (tertiary/aromatic N) is 2. The van der Waals surface area contributed by atoms with Gasteiger partial charge in [-0.1, -0.05) is 45.0 Å². The van der Waals surface area contributed by atoms with Crippen LogP contribution in [0.4, 0.5) is 0 Å². The van der Waals surface area contributed by atoms with E-state index in [-0.39, 0.29) is 29.2 Å². The Morgan fingerprint density at radius 1 is 1.28 bits per heavy atom. The number of benzene rings is 2. The zero-order chi connectivity index (χ0) is 26.4. The van der Waals surface area contributed by atoms with E-state index in [1.807, 2.05) is 51.1 Å². The molecule has 0 spiro atoms. The van der Waals surface area contributed by atoms with Crippen LogP contribution in [0, 0.1) is 0 Å². The van der Waals surface area contributed by atoms with Crippen LogP contribution in [0.25, 0.3) is 10.8 Å². The van der Waals surface area contributed by atoms with E-state index in [1.54, 1.807) is 6.21 Å². The Hall–Kier alpha value is -3.37. The van der Waals surface area contributed by atoms with Gasteiger partial charge in [-0.05, 0) is 16.9 Å². The SMILES string of the molecule is CO[C@@]1(/N=C/c2cc(C(C)(C)C)c(O)c3ccccc23)C(=O)N2C(C(=O)O)=C(COC(C)=O)CS[C@@H]21. The van der Waals surface area contributed by atoms with Gasteiger partial charge in [-0.15, -0.1) is 11.8 Å². The molecule has 1 fully saturated rings. The summed E-state index contributed by atoms with van der Waals surface area (Å²) in [5.41, 5.74) is -0.412. The van der Waals surface area contributed by atoms with Crippen LogP contribution in [0.5, 0.6) is 5.75 Å². The lowest BCUT2D eigenvalue weighted by atomic mass is 9.83. The Labute approximate surface area is 212 Å². The third-order valence-corrected chi connectivity index (χ3v) is 7.66. The molecule has 36 heavy (non-hydrogen) atoms. The highest BCUT2D eigenvalue weighted by Crippen LogP contribution is 2.49. The fourth-order valence-electron chi connectivity index (χ4n) is 4.46. The standard InChI is InChI=1S/C26H28N2O7S/c1-14(29)35-12-16-13-36-24-26(34-5,23(33)28(24)20(16)22(31)32)27-11-15-10-19(25(2,3)4)21(30)18-9-7-6-8-17(15)18/h6-11,24,30H,12-13H2,1-5H3,(H,31,32)/b27-11+/t24-,26+/m1/s1. The summed E-state index contributed by atoms with van der Waals surface area (Å²) < 4.78 is 10.6. The van der Waals surface area contributed by atoms with Crippen molar-refractivity contribution in [3.05, 3.63) is 52.7 Å². The van der Waals surface area contributed by atoms with Crippen LogP contribution in [-0.4, -0.2) is 69.7 Å². The number of phenols is 1. The van der Waals surface area contributed by atoms with E-state index in [4.69, 9.17) is 9.47 Å². The van der Waals surface area contributed by atoms with Crippen LogP contribution in [-0.2, 0) is 29.3 Å². The third-order valence-electron chi connectivity index (χ3n) is 6.30. The lowest BCUT2D eigenvalue weighted by Gasteiger charge is -2.53. The molecule has 0 saturated carbocycles. The number of β-lactam (4-membered cyclic amide) rings is 1. The van der Waals surface area contributed by atoms with Crippen molar-refractivity contribution in [2.75, 3.05) is 19.5 Å². The lowest BCUT2D eigenvalue weighted by molar-refractivity contribution is -0.182. The Kier molecular flexibility index (Phi) is 6.61. The van der Waals surface area contributed by atoms with Gasteiger partial charge in [-0.3, -0.25) is 14.5 Å². The minimum absolute atomic E-state index is 0.196. The van der Waals surface area contributed by atoms with Crippen LogP contribution in [0.15, 0.2) is 46.6 Å². The van der Waals surface area contributed by atoms with Gasteiger partial charge in [0, 0.05) is 48.1 Å². The van der Waals surface area contributed by atoms with Crippen molar-refractivity contribution in [2.24, 2.45) is 4.99 Å². The summed E-state index contributed by atoms with van der Waals surface area (Å²) in [6, 6.07) is 9.22. The van der Waals surface area contributed by atoms with Crippen LogP contribution in [0.1, 0.15) is 38.8 Å². The maximum atomic E-state index is 13.3. The predicted octanol–water partition coefficient (Wildman–Crippen LogP) is 3.42. The van der Waals surface area contributed by atoms with Crippen LogP contribution >= 0.6 is 11.8 Å². The molecule has 0 unspecified atom stereocenters. The minimum Gasteiger partial charge on any atom is -0.507 e. The number of carboxylic acid groups (broad SMARTS) is 1. The highest BCUT2D eigenvalue weighted by molar-refractivity contribution is 8.00. The Bertz CT molecular complexity index is 1330. The van der Waals surface area contributed by atoms with E-state index in [2.05, 4.69) is 4.99 Å². The van der Waals surface area contributed by atoms with E-state index < -0.39 is 28.9 Å². The molecule has 190 valence electrons. The van der Waals surface area contributed by atoms with Crippen molar-refractivity contribution >= 4 is 46.6 Å². The number of fused-ring (bicyclic) bond motifs is 2. The smallest absolute Gasteiger partial charge is 0.352 e. The van der Waals surface area contributed by atoms with Crippen molar-refractivity contribution in [3.8, 4) is 5.75 Å². The zero-order valence-corrected chi connectivity index (χ0v) is 21.5. The molecule has 1 saturated heterocycles. The van der Waals surface area contributed by atoms with E-state index in [0.29, 0.717) is 16.5 Å². The maximum Gasteiger partial charge on any atom is 0.352 e. The van der Waals surface area contributed by atoms with E-state index in [9.17, 15) is 24.6 Å². The number of aliphatic imine (C=N–C) groups is 1. The quantitative estimate of drug-likeness (QED) is 0.343. The number of rotatable bonds is 6. The third kappa shape index (κ3) is 4.14. The molecule has 9 nitrogen and oxygen atoms in total. The molecule has 1 amide bonds. The summed E-state index contributed by atoms with van der Waals surface area (Å²) in [5, 5.41) is 21.4. The number of methoxy groups -OCH3 is 1. The van der Waals surface area contributed by atoms with E-state index in [0.717, 1.165) is 15.8 Å². The first-order chi connectivity index (χ1) is 16.9. The number of carbonyl (C=O) groups is 3. The number of aliphatic carboxylic acids is 1. The normalized spacial score (nSPS) is 22.1. The second-order valence-electron chi connectivity index (χ2n) is 9.69. The van der Waals surface area contributed by atoms with Crippen LogP contribution in [0.2, 0.25) is 0 Å². The van der Waals surface area contributed by atoms with Gasteiger partial charge in [0.1, 0.15) is 23.4 Å². The van der Waals surface area contributed by atoms with E-state index in [1.165, 1.54) is 25.8 Å². The van der Waals surface area contributed by atoms with Crippen LogP contribution in [0.3, 0.4) is 0 Å². The first-order valence-electron chi connectivity index (χ1n) is 11.3. The second-order valence-corrected chi connectivity index (χ2v) is 10.8. The number of amides is 1. The molecule has 0 aromatic heterocycles. The lowest BCUT2D eigenvalue weighted by Crippen LogP contribution is -2.73. The molecule has 0 bridgehead atoms. The van der Waals surface area contributed by atoms with Gasteiger partial charge in [-0.2, -0.15) is 0 Å². The fraction of sp³-hybridized carbons (Fsp3) is 0.385. The molecule has 4 rings (SSSR count). The molecule has 0 radical (unpaired) electrons. The second kappa shape index (κ2) is 9.25. The van der Waals surface area contributed by atoms with E-state index >= 15 is 0 Å². The van der Waals surface area contributed by atoms with Crippen molar-refractivity contribution in [1.29, 1.82) is 0 Å². The van der Waals surface area contributed by atoms with Gasteiger partial charge < -0.3 is 19.7 Å². The Morgan fingerprint density at radius 3 is 2.53 bits per heavy atom. The van der Waals surface area contributed by atoms with Gasteiger partial charge in [0.2, 0.25) is 0 Å². The molecule has 2 aliphatic heterocycles. The van der Waals surface area contributed by atoms with Crippen molar-refractivity contribution in [3.63, 3.8) is 0 Å². The molecule has 2 aliphatic rings. The number of carboxylic acids is 1. The average molecular weight is 513 g/mol. The number of aromatic hydroxyl groups is 1. The summed E-state index contributed by atoms with van der Waals surface area (Å²) in [6.45, 7) is 7.00. The Morgan fingerprint density at radius 2 is 1.94 bits per heavy atom. The van der Waals surface area contributed by atoms with Crippen LogP contribution < -0.4 is 0 Å². The molecule has 2 aromatic carbocycles. The number of thioether (sulfide) groups is 1. The fourth-order valence-corrected chi connectivity index (χ4v) is 5.88. The number of carbonyl (C=O) groups excluding carboxylic acids is 2. The molecular weight excluding hydrogens is 484 g/mol. The summed E-state index contributed by atoms with van der Waals surface area (Å²) in [5.74, 6) is -2.01. The van der Waals surface area contributed by atoms with Crippen molar-refractivity contribution < 1.29 is 34.1 Å². The molecule has 2 atom stereocenters. The highest BCUT2D eigenvalue weighted by atomic mass is 32.2.